The Hall–Kier alpha value is -1.13. The Morgan fingerprint density at radius 2 is 2.16 bits per heavy atom. The van der Waals surface area contributed by atoms with Gasteiger partial charge in [-0.3, -0.25) is 4.79 Å². The second-order valence-corrected chi connectivity index (χ2v) is 5.34. The number of piperidine rings is 1. The first-order chi connectivity index (χ1) is 9.08. The van der Waals surface area contributed by atoms with Gasteiger partial charge in [-0.25, -0.2) is 4.39 Å². The van der Waals surface area contributed by atoms with Crippen molar-refractivity contribution in [3.63, 3.8) is 0 Å². The number of carbonyl (C=O) groups excluding carboxylic acids is 1. The smallest absolute Gasteiger partial charge is 0.223 e. The number of halogens is 2. The number of hydrogen-bond acceptors (Lipinski definition) is 2. The molecule has 0 spiro atoms. The standard InChI is InChI=1S/C14H18ClFN2O/c1-9(11-2-3-12(15)13(16)8-11)18-14(19)10-4-6-17-7-5-10/h2-3,8-10,17H,4-7H2,1H3,(H,18,19)/t9-/m1/s1. The zero-order valence-electron chi connectivity index (χ0n) is 10.9. The Bertz CT molecular complexity index is 461. The molecule has 1 atom stereocenters. The highest BCUT2D eigenvalue weighted by Gasteiger charge is 2.22. The summed E-state index contributed by atoms with van der Waals surface area (Å²) in [6.45, 7) is 3.60. The van der Waals surface area contributed by atoms with Gasteiger partial charge in [0.2, 0.25) is 5.91 Å². The Labute approximate surface area is 117 Å². The Kier molecular flexibility index (Phi) is 4.77. The first kappa shape index (κ1) is 14.3. The highest BCUT2D eigenvalue weighted by Crippen LogP contribution is 2.21. The van der Waals surface area contributed by atoms with Gasteiger partial charge >= 0.3 is 0 Å². The third-order valence-electron chi connectivity index (χ3n) is 3.51. The van der Waals surface area contributed by atoms with Gasteiger partial charge in [-0.2, -0.15) is 0 Å². The molecule has 1 amide bonds. The van der Waals surface area contributed by atoms with Gasteiger partial charge in [-0.05, 0) is 50.6 Å². The van der Waals surface area contributed by atoms with Crippen LogP contribution in [0, 0.1) is 11.7 Å². The van der Waals surface area contributed by atoms with Crippen LogP contribution in [0.5, 0.6) is 0 Å². The lowest BCUT2D eigenvalue weighted by Crippen LogP contribution is -2.39. The fourth-order valence-electron chi connectivity index (χ4n) is 2.28. The lowest BCUT2D eigenvalue weighted by Gasteiger charge is -2.24. The molecule has 2 rings (SSSR count). The third kappa shape index (κ3) is 3.67. The van der Waals surface area contributed by atoms with E-state index in [2.05, 4.69) is 10.6 Å². The minimum absolute atomic E-state index is 0.0457. The largest absolute Gasteiger partial charge is 0.349 e. The highest BCUT2D eigenvalue weighted by atomic mass is 35.5. The number of rotatable bonds is 3. The normalized spacial score (nSPS) is 18.1. The molecule has 0 saturated carbocycles. The van der Waals surface area contributed by atoms with Gasteiger partial charge in [0.25, 0.3) is 0 Å². The van der Waals surface area contributed by atoms with Crippen LogP contribution in [0.15, 0.2) is 18.2 Å². The SMILES string of the molecule is C[C@@H](NC(=O)C1CCNCC1)c1ccc(Cl)c(F)c1. The van der Waals surface area contributed by atoms with E-state index in [0.29, 0.717) is 0 Å². The van der Waals surface area contributed by atoms with Gasteiger partial charge in [0.05, 0.1) is 11.1 Å². The minimum Gasteiger partial charge on any atom is -0.349 e. The summed E-state index contributed by atoms with van der Waals surface area (Å²) in [6.07, 6.45) is 1.71. The zero-order chi connectivity index (χ0) is 13.8. The average Bonchev–Trinajstić information content (AvgIpc) is 2.42. The van der Waals surface area contributed by atoms with Crippen LogP contribution in [0.3, 0.4) is 0 Å². The molecule has 1 aliphatic heterocycles. The summed E-state index contributed by atoms with van der Waals surface area (Å²) in [6, 6.07) is 4.41. The van der Waals surface area contributed by atoms with Crippen molar-refractivity contribution >= 4 is 17.5 Å². The van der Waals surface area contributed by atoms with Crippen molar-refractivity contribution in [2.75, 3.05) is 13.1 Å². The number of nitrogens with one attached hydrogen (secondary N) is 2. The van der Waals surface area contributed by atoms with Gasteiger partial charge in [-0.15, -0.1) is 0 Å². The van der Waals surface area contributed by atoms with Gasteiger partial charge in [0.15, 0.2) is 0 Å². The van der Waals surface area contributed by atoms with Gasteiger partial charge in [0.1, 0.15) is 5.82 Å². The van der Waals surface area contributed by atoms with Crippen LogP contribution in [-0.2, 0) is 4.79 Å². The predicted molar refractivity (Wildman–Crippen MR) is 73.6 cm³/mol. The van der Waals surface area contributed by atoms with Crippen LogP contribution >= 0.6 is 11.6 Å². The summed E-state index contributed by atoms with van der Waals surface area (Å²) in [4.78, 5) is 12.1. The average molecular weight is 285 g/mol. The van der Waals surface area contributed by atoms with Crippen LogP contribution < -0.4 is 10.6 Å². The van der Waals surface area contributed by atoms with Crippen LogP contribution in [0.25, 0.3) is 0 Å². The van der Waals surface area contributed by atoms with Crippen molar-refractivity contribution in [2.24, 2.45) is 5.92 Å². The first-order valence-corrected chi connectivity index (χ1v) is 6.92. The van der Waals surface area contributed by atoms with Crippen molar-refractivity contribution in [1.82, 2.24) is 10.6 Å². The number of amides is 1. The topological polar surface area (TPSA) is 41.1 Å². The van der Waals surface area contributed by atoms with E-state index in [-0.39, 0.29) is 22.9 Å². The summed E-state index contributed by atoms with van der Waals surface area (Å²) in [5.41, 5.74) is 0.726. The van der Waals surface area contributed by atoms with Crippen LogP contribution in [0.4, 0.5) is 4.39 Å². The monoisotopic (exact) mass is 284 g/mol. The van der Waals surface area contributed by atoms with E-state index in [4.69, 9.17) is 11.6 Å². The molecule has 1 aromatic rings. The summed E-state index contributed by atoms with van der Waals surface area (Å²) >= 11 is 5.64. The van der Waals surface area contributed by atoms with Crippen molar-refractivity contribution in [1.29, 1.82) is 0 Å². The van der Waals surface area contributed by atoms with E-state index in [1.807, 2.05) is 6.92 Å². The first-order valence-electron chi connectivity index (χ1n) is 6.54. The number of carbonyl (C=O) groups is 1. The van der Waals surface area contributed by atoms with Crippen LogP contribution in [-0.4, -0.2) is 19.0 Å². The Balaban J connectivity index is 1.97. The van der Waals surface area contributed by atoms with Crippen molar-refractivity contribution in [3.8, 4) is 0 Å². The molecule has 1 fully saturated rings. The molecule has 3 nitrogen and oxygen atoms in total. The molecular weight excluding hydrogens is 267 g/mol. The maximum Gasteiger partial charge on any atom is 0.223 e. The molecule has 2 N–H and O–H groups in total. The van der Waals surface area contributed by atoms with E-state index in [9.17, 15) is 9.18 Å². The molecule has 19 heavy (non-hydrogen) atoms. The molecule has 1 aliphatic rings. The quantitative estimate of drug-likeness (QED) is 0.896. The summed E-state index contributed by atoms with van der Waals surface area (Å²) < 4.78 is 13.4. The lowest BCUT2D eigenvalue weighted by atomic mass is 9.96. The second-order valence-electron chi connectivity index (χ2n) is 4.93. The third-order valence-corrected chi connectivity index (χ3v) is 3.82. The molecular formula is C14H18ClFN2O. The molecule has 0 radical (unpaired) electrons. The highest BCUT2D eigenvalue weighted by molar-refractivity contribution is 6.30. The molecule has 0 aliphatic carbocycles. The van der Waals surface area contributed by atoms with Crippen molar-refractivity contribution in [3.05, 3.63) is 34.6 Å². The predicted octanol–water partition coefficient (Wildman–Crippen LogP) is 2.66. The van der Waals surface area contributed by atoms with Gasteiger partial charge in [-0.1, -0.05) is 17.7 Å². The van der Waals surface area contributed by atoms with Crippen LogP contribution in [0.1, 0.15) is 31.4 Å². The summed E-state index contributed by atoms with van der Waals surface area (Å²) in [5, 5.41) is 6.26. The zero-order valence-corrected chi connectivity index (χ0v) is 11.6. The fourth-order valence-corrected chi connectivity index (χ4v) is 2.40. The van der Waals surface area contributed by atoms with E-state index < -0.39 is 5.82 Å². The minimum atomic E-state index is -0.456. The van der Waals surface area contributed by atoms with E-state index in [1.54, 1.807) is 6.07 Å². The maximum atomic E-state index is 13.4. The molecule has 0 aromatic heterocycles. The Morgan fingerprint density at radius 1 is 1.47 bits per heavy atom. The molecule has 5 heteroatoms. The maximum absolute atomic E-state index is 13.4. The van der Waals surface area contributed by atoms with Gasteiger partial charge < -0.3 is 10.6 Å². The van der Waals surface area contributed by atoms with Gasteiger partial charge in [0, 0.05) is 5.92 Å². The molecule has 1 saturated heterocycles. The van der Waals surface area contributed by atoms with Crippen molar-refractivity contribution in [2.45, 2.75) is 25.8 Å². The number of hydrogen-bond donors (Lipinski definition) is 2. The fraction of sp³-hybridized carbons (Fsp3) is 0.500. The summed E-state index contributed by atoms with van der Waals surface area (Å²) in [5.74, 6) is -0.354. The van der Waals surface area contributed by atoms with E-state index in [1.165, 1.54) is 12.1 Å². The van der Waals surface area contributed by atoms with Crippen LogP contribution in [0.2, 0.25) is 5.02 Å². The van der Waals surface area contributed by atoms with E-state index >= 15 is 0 Å². The van der Waals surface area contributed by atoms with E-state index in [0.717, 1.165) is 31.5 Å². The second kappa shape index (κ2) is 6.35. The molecule has 104 valence electrons. The molecule has 0 unspecified atom stereocenters. The lowest BCUT2D eigenvalue weighted by molar-refractivity contribution is -0.126. The van der Waals surface area contributed by atoms with Crippen molar-refractivity contribution < 1.29 is 9.18 Å². The molecule has 0 bridgehead atoms. The summed E-state index contributed by atoms with van der Waals surface area (Å²) in [7, 11) is 0. The Morgan fingerprint density at radius 3 is 2.79 bits per heavy atom. The molecule has 1 heterocycles. The number of benzene rings is 1. The molecule has 1 aromatic carbocycles.